The lowest BCUT2D eigenvalue weighted by atomic mass is 9.81. The van der Waals surface area contributed by atoms with Gasteiger partial charge in [0.1, 0.15) is 11.3 Å². The van der Waals surface area contributed by atoms with Crippen molar-refractivity contribution in [2.75, 3.05) is 11.5 Å². The molecule has 2 amide bonds. The summed E-state index contributed by atoms with van der Waals surface area (Å²) in [7, 11) is 0. The van der Waals surface area contributed by atoms with E-state index in [1.54, 1.807) is 50.2 Å². The number of hydrogen-bond acceptors (Lipinski definition) is 6. The summed E-state index contributed by atoms with van der Waals surface area (Å²) in [6.07, 6.45) is 1.50. The molecule has 0 spiro atoms. The van der Waals surface area contributed by atoms with Gasteiger partial charge in [0.2, 0.25) is 11.8 Å². The summed E-state index contributed by atoms with van der Waals surface area (Å²) in [5, 5.41) is 3.15. The Bertz CT molecular complexity index is 879. The quantitative estimate of drug-likeness (QED) is 0.656. The molecule has 27 heavy (non-hydrogen) atoms. The first kappa shape index (κ1) is 17.5. The number of para-hydroxylation sites is 1. The molecule has 4 rings (SSSR count). The zero-order valence-electron chi connectivity index (χ0n) is 15.0. The van der Waals surface area contributed by atoms with Crippen LogP contribution in [0.2, 0.25) is 0 Å². The largest absolute Gasteiger partial charge is 0.468 e. The molecule has 0 radical (unpaired) electrons. The fourth-order valence-electron chi connectivity index (χ4n) is 4.15. The third-order valence-corrected chi connectivity index (χ3v) is 5.35. The van der Waals surface area contributed by atoms with Crippen LogP contribution in [0.1, 0.15) is 25.6 Å². The molecular weight excluding hydrogens is 348 g/mol. The van der Waals surface area contributed by atoms with Crippen LogP contribution in [0.15, 0.2) is 53.1 Å². The third-order valence-electron chi connectivity index (χ3n) is 5.35. The first-order valence-corrected chi connectivity index (χ1v) is 8.90. The fourth-order valence-corrected chi connectivity index (χ4v) is 4.15. The summed E-state index contributed by atoms with van der Waals surface area (Å²) in [6.45, 7) is 3.50. The van der Waals surface area contributed by atoms with Crippen molar-refractivity contribution in [1.82, 2.24) is 5.32 Å². The number of anilines is 1. The van der Waals surface area contributed by atoms with Crippen LogP contribution in [-0.4, -0.2) is 29.9 Å². The van der Waals surface area contributed by atoms with Crippen LogP contribution in [0, 0.1) is 11.8 Å². The van der Waals surface area contributed by atoms with E-state index in [4.69, 9.17) is 9.15 Å². The molecule has 7 heteroatoms. The number of fused-ring (bicyclic) bond motifs is 1. The van der Waals surface area contributed by atoms with Gasteiger partial charge >= 0.3 is 5.97 Å². The van der Waals surface area contributed by atoms with Gasteiger partial charge in [-0.15, -0.1) is 0 Å². The Morgan fingerprint density at radius 3 is 2.56 bits per heavy atom. The molecule has 0 aliphatic carbocycles. The summed E-state index contributed by atoms with van der Waals surface area (Å²) >= 11 is 0. The number of nitrogens with zero attached hydrogens (tertiary/aromatic N) is 1. The van der Waals surface area contributed by atoms with E-state index in [-0.39, 0.29) is 12.5 Å². The molecule has 0 saturated carbocycles. The molecule has 2 aliphatic rings. The molecular formula is C20H20N2O5. The molecule has 0 unspecified atom stereocenters. The Morgan fingerprint density at radius 2 is 1.93 bits per heavy atom. The van der Waals surface area contributed by atoms with Crippen molar-refractivity contribution < 1.29 is 23.5 Å². The molecule has 0 bridgehead atoms. The second-order valence-electron chi connectivity index (χ2n) is 6.91. The third kappa shape index (κ3) is 2.49. The van der Waals surface area contributed by atoms with Gasteiger partial charge in [0.05, 0.1) is 36.4 Å². The summed E-state index contributed by atoms with van der Waals surface area (Å²) in [4.78, 5) is 40.4. The van der Waals surface area contributed by atoms with Gasteiger partial charge in [0.15, 0.2) is 0 Å². The molecule has 1 aromatic carbocycles. The SMILES string of the molecule is CCOC(=O)[C@]1(C)N[C@H](c2ccco2)[C@@H]2C(=O)N(c3ccccc3)C(=O)[C@@H]21. The van der Waals surface area contributed by atoms with Crippen LogP contribution in [0.3, 0.4) is 0 Å². The minimum absolute atomic E-state index is 0.184. The van der Waals surface area contributed by atoms with E-state index in [2.05, 4.69) is 5.32 Å². The lowest BCUT2D eigenvalue weighted by Gasteiger charge is -2.28. The maximum Gasteiger partial charge on any atom is 0.326 e. The highest BCUT2D eigenvalue weighted by Crippen LogP contribution is 2.49. The summed E-state index contributed by atoms with van der Waals surface area (Å²) in [5.74, 6) is -2.43. The molecule has 2 aliphatic heterocycles. The summed E-state index contributed by atoms with van der Waals surface area (Å²) < 4.78 is 10.7. The summed E-state index contributed by atoms with van der Waals surface area (Å²) in [5.41, 5.74) is -0.833. The lowest BCUT2D eigenvalue weighted by molar-refractivity contribution is -0.153. The van der Waals surface area contributed by atoms with Gasteiger partial charge in [-0.2, -0.15) is 0 Å². The monoisotopic (exact) mass is 368 g/mol. The van der Waals surface area contributed by atoms with Crippen molar-refractivity contribution >= 4 is 23.5 Å². The number of furan rings is 1. The number of hydrogen-bond donors (Lipinski definition) is 1. The van der Waals surface area contributed by atoms with E-state index in [0.29, 0.717) is 11.4 Å². The average Bonchev–Trinajstić information content (AvgIpc) is 3.34. The number of carbonyl (C=O) groups is 3. The minimum Gasteiger partial charge on any atom is -0.468 e. The number of benzene rings is 1. The van der Waals surface area contributed by atoms with Gasteiger partial charge in [0, 0.05) is 0 Å². The van der Waals surface area contributed by atoms with Gasteiger partial charge in [-0.1, -0.05) is 18.2 Å². The van der Waals surface area contributed by atoms with E-state index >= 15 is 0 Å². The highest BCUT2D eigenvalue weighted by molar-refractivity contribution is 6.24. The van der Waals surface area contributed by atoms with Gasteiger partial charge in [0.25, 0.3) is 0 Å². The van der Waals surface area contributed by atoms with Crippen LogP contribution in [-0.2, 0) is 19.1 Å². The highest BCUT2D eigenvalue weighted by Gasteiger charge is 2.67. The molecule has 4 atom stereocenters. The fraction of sp³-hybridized carbons (Fsp3) is 0.350. The second kappa shape index (κ2) is 6.35. The predicted molar refractivity (Wildman–Crippen MR) is 95.5 cm³/mol. The Morgan fingerprint density at radius 1 is 1.19 bits per heavy atom. The van der Waals surface area contributed by atoms with Gasteiger partial charge in [-0.05, 0) is 38.1 Å². The number of esters is 1. The van der Waals surface area contributed by atoms with Crippen LogP contribution >= 0.6 is 0 Å². The van der Waals surface area contributed by atoms with Crippen LogP contribution in [0.25, 0.3) is 0 Å². The predicted octanol–water partition coefficient (Wildman–Crippen LogP) is 2.05. The van der Waals surface area contributed by atoms with Gasteiger partial charge in [-0.3, -0.25) is 19.7 Å². The zero-order valence-corrected chi connectivity index (χ0v) is 15.0. The average molecular weight is 368 g/mol. The van der Waals surface area contributed by atoms with Gasteiger partial charge < -0.3 is 9.15 Å². The smallest absolute Gasteiger partial charge is 0.326 e. The first-order valence-electron chi connectivity index (χ1n) is 8.90. The number of imide groups is 1. The molecule has 2 fully saturated rings. The van der Waals surface area contributed by atoms with Crippen LogP contribution < -0.4 is 10.2 Å². The second-order valence-corrected chi connectivity index (χ2v) is 6.91. The van der Waals surface area contributed by atoms with Crippen molar-refractivity contribution in [2.24, 2.45) is 11.8 Å². The van der Waals surface area contributed by atoms with Crippen molar-refractivity contribution in [3.8, 4) is 0 Å². The first-order chi connectivity index (χ1) is 13.0. The van der Waals surface area contributed by atoms with Crippen LogP contribution in [0.5, 0.6) is 0 Å². The number of rotatable bonds is 4. The Kier molecular flexibility index (Phi) is 4.11. The molecule has 1 aromatic heterocycles. The molecule has 7 nitrogen and oxygen atoms in total. The van der Waals surface area contributed by atoms with Crippen LogP contribution in [0.4, 0.5) is 5.69 Å². The zero-order chi connectivity index (χ0) is 19.2. The normalized spacial score (nSPS) is 29.9. The van der Waals surface area contributed by atoms with Gasteiger partial charge in [-0.25, -0.2) is 4.90 Å². The topological polar surface area (TPSA) is 88.8 Å². The maximum atomic E-state index is 13.3. The van der Waals surface area contributed by atoms with E-state index in [9.17, 15) is 14.4 Å². The van der Waals surface area contributed by atoms with Crippen molar-refractivity contribution in [1.29, 1.82) is 0 Å². The standard InChI is InChI=1S/C20H20N2O5/c1-3-26-19(25)20(2)15-14(16(21-20)13-10-7-11-27-13)17(23)22(18(15)24)12-8-5-4-6-9-12/h4-11,14-16,21H,3H2,1-2H3/t14-,15-,16-,20-/m1/s1. The van der Waals surface area contributed by atoms with Crippen molar-refractivity contribution in [2.45, 2.75) is 25.4 Å². The lowest BCUT2D eigenvalue weighted by Crippen LogP contribution is -2.54. The molecule has 3 heterocycles. The Balaban J connectivity index is 1.81. The molecule has 1 N–H and O–H groups in total. The van der Waals surface area contributed by atoms with Crippen molar-refractivity contribution in [3.63, 3.8) is 0 Å². The highest BCUT2D eigenvalue weighted by atomic mass is 16.5. The summed E-state index contributed by atoms with van der Waals surface area (Å²) in [6, 6.07) is 11.6. The molecule has 2 aromatic rings. The Hall–Kier alpha value is -2.93. The number of carbonyl (C=O) groups excluding carboxylic acids is 3. The van der Waals surface area contributed by atoms with E-state index in [1.807, 2.05) is 6.07 Å². The number of amides is 2. The van der Waals surface area contributed by atoms with E-state index in [1.165, 1.54) is 11.2 Å². The van der Waals surface area contributed by atoms with E-state index < -0.39 is 35.3 Å². The van der Waals surface area contributed by atoms with E-state index in [0.717, 1.165) is 0 Å². The minimum atomic E-state index is -1.32. The maximum absolute atomic E-state index is 13.3. The molecule has 2 saturated heterocycles. The number of nitrogens with one attached hydrogen (secondary N) is 1. The number of ether oxygens (including phenoxy) is 1. The van der Waals surface area contributed by atoms with Crippen molar-refractivity contribution in [3.05, 3.63) is 54.5 Å². The molecule has 140 valence electrons. The Labute approximate surface area is 156 Å².